The molecule has 0 aliphatic carbocycles. The maximum atomic E-state index is 11.0. The van der Waals surface area contributed by atoms with Gasteiger partial charge in [-0.05, 0) is 11.4 Å². The first-order valence-corrected chi connectivity index (χ1v) is 8.47. The number of fused-ring (bicyclic) bond motifs is 1. The van der Waals surface area contributed by atoms with E-state index >= 15 is 0 Å². The zero-order valence-corrected chi connectivity index (χ0v) is 11.0. The molecule has 0 aliphatic heterocycles. The molecule has 2 aromatic heterocycles. The summed E-state index contributed by atoms with van der Waals surface area (Å²) < 4.78 is 22.0. The van der Waals surface area contributed by atoms with Crippen LogP contribution in [0.3, 0.4) is 0 Å². The largest absolute Gasteiger partial charge is 0.229 e. The van der Waals surface area contributed by atoms with E-state index in [1.54, 1.807) is 11.3 Å². The fourth-order valence-electron chi connectivity index (χ4n) is 1.17. The molecule has 0 saturated heterocycles. The van der Waals surface area contributed by atoms with Gasteiger partial charge in [-0.1, -0.05) is 0 Å². The molecule has 0 fully saturated rings. The summed E-state index contributed by atoms with van der Waals surface area (Å²) in [5.41, 5.74) is 0. The van der Waals surface area contributed by atoms with Crippen molar-refractivity contribution in [2.75, 3.05) is 17.8 Å². The van der Waals surface area contributed by atoms with Gasteiger partial charge in [0.25, 0.3) is 0 Å². The lowest BCUT2D eigenvalue weighted by Gasteiger charge is -2.00. The minimum Gasteiger partial charge on any atom is -0.229 e. The molecule has 7 heteroatoms. The van der Waals surface area contributed by atoms with Crippen LogP contribution in [0.25, 0.3) is 10.2 Å². The topological polar surface area (TPSA) is 59.9 Å². The van der Waals surface area contributed by atoms with Gasteiger partial charge in [0.05, 0.1) is 5.75 Å². The number of thiophene rings is 1. The van der Waals surface area contributed by atoms with Crippen molar-refractivity contribution in [3.8, 4) is 0 Å². The first kappa shape index (κ1) is 11.8. The summed E-state index contributed by atoms with van der Waals surface area (Å²) in [5, 5.41) is 3.82. The molecular formula is C9H10N2O2S3. The lowest BCUT2D eigenvalue weighted by molar-refractivity contribution is 0.603. The summed E-state index contributed by atoms with van der Waals surface area (Å²) in [6.07, 6.45) is 2.76. The van der Waals surface area contributed by atoms with Gasteiger partial charge >= 0.3 is 0 Å². The van der Waals surface area contributed by atoms with Crippen LogP contribution >= 0.6 is 23.1 Å². The average molecular weight is 274 g/mol. The van der Waals surface area contributed by atoms with Gasteiger partial charge in [0.2, 0.25) is 0 Å². The molecule has 2 heterocycles. The second-order valence-corrected chi connectivity index (χ2v) is 7.53. The molecule has 0 aliphatic rings. The zero-order chi connectivity index (χ0) is 11.6. The van der Waals surface area contributed by atoms with E-state index in [0.29, 0.717) is 5.75 Å². The van der Waals surface area contributed by atoms with Crippen molar-refractivity contribution in [1.82, 2.24) is 9.97 Å². The molecule has 0 saturated carbocycles. The molecule has 0 atom stereocenters. The molecule has 0 bridgehead atoms. The van der Waals surface area contributed by atoms with Gasteiger partial charge in [-0.25, -0.2) is 18.4 Å². The van der Waals surface area contributed by atoms with E-state index in [2.05, 4.69) is 9.97 Å². The lowest BCUT2D eigenvalue weighted by Crippen LogP contribution is -2.05. The van der Waals surface area contributed by atoms with Crippen LogP contribution in [-0.2, 0) is 9.84 Å². The van der Waals surface area contributed by atoms with E-state index in [1.807, 2.05) is 11.4 Å². The third-order valence-electron chi connectivity index (χ3n) is 1.92. The molecule has 0 radical (unpaired) electrons. The van der Waals surface area contributed by atoms with Crippen molar-refractivity contribution in [3.63, 3.8) is 0 Å². The van der Waals surface area contributed by atoms with Crippen LogP contribution in [0.5, 0.6) is 0 Å². The molecule has 0 N–H and O–H groups in total. The predicted octanol–water partition coefficient (Wildman–Crippen LogP) is 1.83. The fraction of sp³-hybridized carbons (Fsp3) is 0.333. The van der Waals surface area contributed by atoms with Gasteiger partial charge in [-0.15, -0.1) is 23.1 Å². The average Bonchev–Trinajstić information content (AvgIpc) is 2.64. The highest BCUT2D eigenvalue weighted by molar-refractivity contribution is 8.00. The van der Waals surface area contributed by atoms with Gasteiger partial charge in [0.1, 0.15) is 26.0 Å². The molecular weight excluding hydrogens is 264 g/mol. The van der Waals surface area contributed by atoms with Gasteiger partial charge < -0.3 is 0 Å². The van der Waals surface area contributed by atoms with E-state index in [9.17, 15) is 8.42 Å². The summed E-state index contributed by atoms with van der Waals surface area (Å²) >= 11 is 3.02. The summed E-state index contributed by atoms with van der Waals surface area (Å²) in [4.78, 5) is 9.24. The molecule has 86 valence electrons. The zero-order valence-electron chi connectivity index (χ0n) is 8.58. The Morgan fingerprint density at radius 1 is 1.44 bits per heavy atom. The number of sulfone groups is 1. The summed E-state index contributed by atoms with van der Waals surface area (Å²) in [6, 6.07) is 1.96. The quantitative estimate of drug-likeness (QED) is 0.629. The Morgan fingerprint density at radius 2 is 2.25 bits per heavy atom. The van der Waals surface area contributed by atoms with Crippen molar-refractivity contribution in [1.29, 1.82) is 0 Å². The first-order valence-electron chi connectivity index (χ1n) is 4.55. The van der Waals surface area contributed by atoms with Crippen LogP contribution in [0.1, 0.15) is 0 Å². The maximum absolute atomic E-state index is 11.0. The van der Waals surface area contributed by atoms with E-state index in [-0.39, 0.29) is 5.75 Å². The highest BCUT2D eigenvalue weighted by Crippen LogP contribution is 2.27. The van der Waals surface area contributed by atoms with Crippen LogP contribution in [0.15, 0.2) is 22.8 Å². The fourth-order valence-corrected chi connectivity index (χ4v) is 4.15. The van der Waals surface area contributed by atoms with Gasteiger partial charge in [-0.3, -0.25) is 0 Å². The number of hydrogen-bond acceptors (Lipinski definition) is 6. The van der Waals surface area contributed by atoms with Crippen molar-refractivity contribution in [2.24, 2.45) is 0 Å². The van der Waals surface area contributed by atoms with E-state index in [1.165, 1.54) is 24.3 Å². The standard InChI is InChI=1S/C9H10N2O2S3/c1-16(12,13)5-4-15-9-7-2-3-14-8(7)10-6-11-9/h2-3,6H,4-5H2,1H3. The lowest BCUT2D eigenvalue weighted by atomic mass is 10.4. The van der Waals surface area contributed by atoms with Crippen LogP contribution in [0, 0.1) is 0 Å². The Labute approximate surface area is 102 Å². The SMILES string of the molecule is CS(=O)(=O)CCSc1ncnc2sccc12. The number of aromatic nitrogens is 2. The minimum atomic E-state index is -2.90. The van der Waals surface area contributed by atoms with Crippen molar-refractivity contribution in [2.45, 2.75) is 5.03 Å². The van der Waals surface area contributed by atoms with Gasteiger partial charge in [-0.2, -0.15) is 0 Å². The highest BCUT2D eigenvalue weighted by atomic mass is 32.2. The summed E-state index contributed by atoms with van der Waals surface area (Å²) in [5.74, 6) is 0.702. The number of hydrogen-bond donors (Lipinski definition) is 0. The third-order valence-corrected chi connectivity index (χ3v) is 4.95. The predicted molar refractivity (Wildman–Crippen MR) is 67.8 cm³/mol. The molecule has 2 aromatic rings. The summed E-state index contributed by atoms with van der Waals surface area (Å²) in [7, 11) is -2.90. The maximum Gasteiger partial charge on any atom is 0.148 e. The highest BCUT2D eigenvalue weighted by Gasteiger charge is 2.07. The van der Waals surface area contributed by atoms with Crippen LogP contribution in [0.2, 0.25) is 0 Å². The smallest absolute Gasteiger partial charge is 0.148 e. The van der Waals surface area contributed by atoms with Crippen molar-refractivity contribution >= 4 is 43.2 Å². The first-order chi connectivity index (χ1) is 7.56. The Hall–Kier alpha value is -0.660. The van der Waals surface area contributed by atoms with E-state index in [0.717, 1.165) is 15.2 Å². The molecule has 2 rings (SSSR count). The molecule has 0 spiro atoms. The van der Waals surface area contributed by atoms with Crippen molar-refractivity contribution < 1.29 is 8.42 Å². The molecule has 0 aromatic carbocycles. The molecule has 0 unspecified atom stereocenters. The molecule has 0 amide bonds. The van der Waals surface area contributed by atoms with E-state index in [4.69, 9.17) is 0 Å². The Bertz CT molecular complexity index is 592. The van der Waals surface area contributed by atoms with Crippen LogP contribution in [-0.4, -0.2) is 36.1 Å². The Balaban J connectivity index is 2.12. The monoisotopic (exact) mass is 274 g/mol. The number of thioether (sulfide) groups is 1. The van der Waals surface area contributed by atoms with Gasteiger partial charge in [0.15, 0.2) is 0 Å². The second-order valence-electron chi connectivity index (χ2n) is 3.30. The van der Waals surface area contributed by atoms with Gasteiger partial charge in [0, 0.05) is 17.4 Å². The van der Waals surface area contributed by atoms with Crippen LogP contribution in [0.4, 0.5) is 0 Å². The Kier molecular flexibility index (Phi) is 3.46. The number of nitrogens with zero attached hydrogens (tertiary/aromatic N) is 2. The van der Waals surface area contributed by atoms with Crippen LogP contribution < -0.4 is 0 Å². The second kappa shape index (κ2) is 4.68. The third kappa shape index (κ3) is 2.93. The minimum absolute atomic E-state index is 0.174. The summed E-state index contributed by atoms with van der Waals surface area (Å²) in [6.45, 7) is 0. The van der Waals surface area contributed by atoms with E-state index < -0.39 is 9.84 Å². The van der Waals surface area contributed by atoms with Crippen molar-refractivity contribution in [3.05, 3.63) is 17.8 Å². The normalized spacial score (nSPS) is 12.1. The molecule has 16 heavy (non-hydrogen) atoms. The molecule has 4 nitrogen and oxygen atoms in total. The number of rotatable bonds is 4. The Morgan fingerprint density at radius 3 is 3.00 bits per heavy atom.